The smallest absolute Gasteiger partial charge is 0.212 e. The molecule has 0 saturated heterocycles. The highest BCUT2D eigenvalue weighted by Gasteiger charge is 1.89. The molecule has 1 aromatic heterocycles. The van der Waals surface area contributed by atoms with Crippen molar-refractivity contribution in [2.45, 2.75) is 0 Å². The summed E-state index contributed by atoms with van der Waals surface area (Å²) in [7, 11) is 0. The van der Waals surface area contributed by atoms with Crippen molar-refractivity contribution in [3.8, 4) is 5.75 Å². The third-order valence-corrected chi connectivity index (χ3v) is 0.955. The number of aromatic nitrogens is 1. The molecular formula is C6H6N2O2. The van der Waals surface area contributed by atoms with Gasteiger partial charge in [0, 0.05) is 0 Å². The summed E-state index contributed by atoms with van der Waals surface area (Å²) in [5.74, 6) is 0.504. The van der Waals surface area contributed by atoms with E-state index in [9.17, 15) is 4.79 Å². The molecule has 0 bridgehead atoms. The Morgan fingerprint density at radius 2 is 2.40 bits per heavy atom. The molecule has 2 N–H and O–H groups in total. The van der Waals surface area contributed by atoms with Crippen molar-refractivity contribution in [2.24, 2.45) is 0 Å². The Morgan fingerprint density at radius 1 is 1.60 bits per heavy atom. The minimum absolute atomic E-state index is 0.0800. The molecule has 1 aromatic rings. The Balaban J connectivity index is 2.78. The van der Waals surface area contributed by atoms with Gasteiger partial charge in [-0.15, -0.1) is 0 Å². The molecule has 0 spiro atoms. The van der Waals surface area contributed by atoms with Crippen LogP contribution in [0.4, 0.5) is 5.82 Å². The van der Waals surface area contributed by atoms with Crippen LogP contribution < -0.4 is 5.32 Å². The molecule has 52 valence electrons. The van der Waals surface area contributed by atoms with Gasteiger partial charge in [0.25, 0.3) is 0 Å². The fraction of sp³-hybridized carbons (Fsp3) is 0. The molecule has 1 heterocycles. The normalized spacial score (nSPS) is 8.80. The number of pyridine rings is 1. The van der Waals surface area contributed by atoms with E-state index in [0.29, 0.717) is 12.2 Å². The number of carbonyl (C=O) groups is 1. The van der Waals surface area contributed by atoms with Gasteiger partial charge in [-0.25, -0.2) is 4.98 Å². The molecule has 0 fully saturated rings. The van der Waals surface area contributed by atoms with Gasteiger partial charge in [0.15, 0.2) is 0 Å². The highest BCUT2D eigenvalue weighted by atomic mass is 16.3. The first-order valence-corrected chi connectivity index (χ1v) is 2.68. The van der Waals surface area contributed by atoms with E-state index in [1.54, 1.807) is 0 Å². The monoisotopic (exact) mass is 138 g/mol. The number of anilines is 1. The molecule has 0 unspecified atom stereocenters. The van der Waals surface area contributed by atoms with E-state index >= 15 is 0 Å². The number of carbonyl (C=O) groups excluding carboxylic acids is 1. The van der Waals surface area contributed by atoms with Gasteiger partial charge in [-0.2, -0.15) is 0 Å². The second-order valence-corrected chi connectivity index (χ2v) is 1.66. The van der Waals surface area contributed by atoms with Crippen LogP contribution in [0, 0.1) is 0 Å². The summed E-state index contributed by atoms with van der Waals surface area (Å²) in [6.45, 7) is 0. The Morgan fingerprint density at radius 3 is 2.90 bits per heavy atom. The number of nitrogens with one attached hydrogen (secondary N) is 1. The van der Waals surface area contributed by atoms with Gasteiger partial charge in [0.2, 0.25) is 6.41 Å². The van der Waals surface area contributed by atoms with Crippen LogP contribution >= 0.6 is 0 Å². The molecule has 0 saturated carbocycles. The standard InChI is InChI=1S/C6H6N2O2/c9-4-8-6-2-1-5(10)3-7-6/h1-4,10H,(H,7,8,9). The molecule has 1 rings (SSSR count). The fourth-order valence-corrected chi connectivity index (χ4v) is 0.532. The van der Waals surface area contributed by atoms with Gasteiger partial charge < -0.3 is 10.4 Å². The largest absolute Gasteiger partial charge is 0.506 e. The third-order valence-electron chi connectivity index (χ3n) is 0.955. The minimum Gasteiger partial charge on any atom is -0.506 e. The topological polar surface area (TPSA) is 62.2 Å². The predicted octanol–water partition coefficient (Wildman–Crippen LogP) is 0.355. The average Bonchev–Trinajstić information content (AvgIpc) is 1.95. The van der Waals surface area contributed by atoms with E-state index in [1.807, 2.05) is 0 Å². The van der Waals surface area contributed by atoms with Crippen molar-refractivity contribution in [2.75, 3.05) is 5.32 Å². The minimum atomic E-state index is 0.0800. The van der Waals surface area contributed by atoms with Crippen molar-refractivity contribution in [1.29, 1.82) is 0 Å². The molecular weight excluding hydrogens is 132 g/mol. The van der Waals surface area contributed by atoms with Crippen molar-refractivity contribution < 1.29 is 9.90 Å². The summed E-state index contributed by atoms with van der Waals surface area (Å²) < 4.78 is 0. The maximum atomic E-state index is 9.85. The zero-order valence-corrected chi connectivity index (χ0v) is 5.11. The van der Waals surface area contributed by atoms with Crippen LogP contribution in [0.25, 0.3) is 0 Å². The lowest BCUT2D eigenvalue weighted by atomic mass is 10.4. The summed E-state index contributed by atoms with van der Waals surface area (Å²) in [5.41, 5.74) is 0. The Labute approximate surface area is 57.5 Å². The van der Waals surface area contributed by atoms with Crippen LogP contribution in [0.3, 0.4) is 0 Å². The van der Waals surface area contributed by atoms with Crippen molar-refractivity contribution in [1.82, 2.24) is 4.98 Å². The number of hydrogen-bond donors (Lipinski definition) is 2. The molecule has 10 heavy (non-hydrogen) atoms. The van der Waals surface area contributed by atoms with Crippen LogP contribution in [0.1, 0.15) is 0 Å². The van der Waals surface area contributed by atoms with Gasteiger partial charge in [-0.05, 0) is 12.1 Å². The van der Waals surface area contributed by atoms with Gasteiger partial charge in [-0.1, -0.05) is 0 Å². The zero-order chi connectivity index (χ0) is 7.40. The quantitative estimate of drug-likeness (QED) is 0.580. The number of amides is 1. The third kappa shape index (κ3) is 1.45. The summed E-state index contributed by atoms with van der Waals surface area (Å²) >= 11 is 0. The molecule has 4 nitrogen and oxygen atoms in total. The highest BCUT2D eigenvalue weighted by molar-refractivity contribution is 5.68. The maximum absolute atomic E-state index is 9.85. The summed E-state index contributed by atoms with van der Waals surface area (Å²) in [5, 5.41) is 11.1. The highest BCUT2D eigenvalue weighted by Crippen LogP contribution is 2.08. The van der Waals surface area contributed by atoms with Crippen molar-refractivity contribution in [3.63, 3.8) is 0 Å². The molecule has 1 amide bonds. The molecule has 0 aromatic carbocycles. The first-order valence-electron chi connectivity index (χ1n) is 2.68. The first kappa shape index (κ1) is 6.54. The summed E-state index contributed by atoms with van der Waals surface area (Å²) in [6, 6.07) is 2.95. The zero-order valence-electron chi connectivity index (χ0n) is 5.11. The second-order valence-electron chi connectivity index (χ2n) is 1.66. The van der Waals surface area contributed by atoms with E-state index in [4.69, 9.17) is 5.11 Å². The average molecular weight is 138 g/mol. The Hall–Kier alpha value is -1.58. The summed E-state index contributed by atoms with van der Waals surface area (Å²) in [6.07, 6.45) is 1.78. The second kappa shape index (κ2) is 2.82. The maximum Gasteiger partial charge on any atom is 0.212 e. The van der Waals surface area contributed by atoms with Crippen LogP contribution in [-0.4, -0.2) is 16.5 Å². The Kier molecular flexibility index (Phi) is 1.84. The van der Waals surface area contributed by atoms with Gasteiger partial charge in [-0.3, -0.25) is 4.79 Å². The molecule has 0 radical (unpaired) electrons. The van der Waals surface area contributed by atoms with Crippen LogP contribution in [-0.2, 0) is 4.79 Å². The molecule has 0 aliphatic carbocycles. The van der Waals surface area contributed by atoms with Crippen LogP contribution in [0.15, 0.2) is 18.3 Å². The number of nitrogens with zero attached hydrogens (tertiary/aromatic N) is 1. The van der Waals surface area contributed by atoms with E-state index in [2.05, 4.69) is 10.3 Å². The lowest BCUT2D eigenvalue weighted by molar-refractivity contribution is -0.105. The van der Waals surface area contributed by atoms with Crippen molar-refractivity contribution >= 4 is 12.2 Å². The molecule has 4 heteroatoms. The lowest BCUT2D eigenvalue weighted by Crippen LogP contribution is -1.94. The van der Waals surface area contributed by atoms with E-state index in [0.717, 1.165) is 0 Å². The van der Waals surface area contributed by atoms with Gasteiger partial charge in [0.05, 0.1) is 6.20 Å². The number of rotatable bonds is 2. The van der Waals surface area contributed by atoms with E-state index in [-0.39, 0.29) is 5.75 Å². The predicted molar refractivity (Wildman–Crippen MR) is 35.6 cm³/mol. The Bertz CT molecular complexity index is 220. The molecule has 0 aliphatic heterocycles. The van der Waals surface area contributed by atoms with Crippen molar-refractivity contribution in [3.05, 3.63) is 18.3 Å². The molecule has 0 aliphatic rings. The van der Waals surface area contributed by atoms with Gasteiger partial charge >= 0.3 is 0 Å². The van der Waals surface area contributed by atoms with Crippen LogP contribution in [0.2, 0.25) is 0 Å². The van der Waals surface area contributed by atoms with E-state index in [1.165, 1.54) is 18.3 Å². The number of aromatic hydroxyl groups is 1. The SMILES string of the molecule is O=CNc1ccc(O)cn1. The fourth-order valence-electron chi connectivity index (χ4n) is 0.532. The van der Waals surface area contributed by atoms with E-state index < -0.39 is 0 Å². The summed E-state index contributed by atoms with van der Waals surface area (Å²) in [4.78, 5) is 13.5. The lowest BCUT2D eigenvalue weighted by Gasteiger charge is -1.94. The first-order chi connectivity index (χ1) is 4.83. The molecule has 0 atom stereocenters. The van der Waals surface area contributed by atoms with Gasteiger partial charge in [0.1, 0.15) is 11.6 Å². The number of hydrogen-bond acceptors (Lipinski definition) is 3. The van der Waals surface area contributed by atoms with Crippen LogP contribution in [0.5, 0.6) is 5.75 Å².